The van der Waals surface area contributed by atoms with E-state index in [1.54, 1.807) is 6.92 Å². The third-order valence-corrected chi connectivity index (χ3v) is 5.98. The van der Waals surface area contributed by atoms with Gasteiger partial charge in [-0.15, -0.1) is 0 Å². The molecule has 182 valence electrons. The molecular formula is C29H32N2O4. The lowest BCUT2D eigenvalue weighted by atomic mass is 10.1. The summed E-state index contributed by atoms with van der Waals surface area (Å²) in [7, 11) is 0. The van der Waals surface area contributed by atoms with Crippen LogP contribution in [0, 0.1) is 20.8 Å². The SMILES string of the molecule is CCOC(=O)c1c(C)n(-c2ccc(C)cc2)c2ccc(OC[C@@H](O)CNc3ccc(C)cc3)cc12. The van der Waals surface area contributed by atoms with Gasteiger partial charge in [0.2, 0.25) is 0 Å². The number of aliphatic hydroxyl groups is 1. The minimum absolute atomic E-state index is 0.122. The zero-order valence-corrected chi connectivity index (χ0v) is 20.7. The van der Waals surface area contributed by atoms with Crippen LogP contribution in [-0.4, -0.2) is 41.5 Å². The fourth-order valence-electron chi connectivity index (χ4n) is 4.13. The van der Waals surface area contributed by atoms with E-state index in [1.165, 1.54) is 11.1 Å². The standard InChI is InChI=1S/C29H32N2O4/c1-5-34-29(33)28-21(4)31(23-12-8-20(3)9-13-23)27-15-14-25(16-26(27)28)35-18-24(32)17-30-22-10-6-19(2)7-11-22/h6-16,24,30,32H,5,17-18H2,1-4H3/t24-/m0/s1. The molecule has 35 heavy (non-hydrogen) atoms. The van der Waals surface area contributed by atoms with Crippen LogP contribution in [0.15, 0.2) is 66.7 Å². The topological polar surface area (TPSA) is 72.7 Å². The van der Waals surface area contributed by atoms with Gasteiger partial charge in [0.15, 0.2) is 0 Å². The van der Waals surface area contributed by atoms with Crippen LogP contribution in [0.4, 0.5) is 5.69 Å². The number of ether oxygens (including phenoxy) is 2. The number of anilines is 1. The molecule has 1 atom stereocenters. The molecule has 0 unspecified atom stereocenters. The Kier molecular flexibility index (Phi) is 7.42. The molecule has 3 aromatic carbocycles. The van der Waals surface area contributed by atoms with E-state index in [-0.39, 0.29) is 12.6 Å². The van der Waals surface area contributed by atoms with E-state index >= 15 is 0 Å². The largest absolute Gasteiger partial charge is 0.491 e. The molecule has 0 aliphatic rings. The second-order valence-corrected chi connectivity index (χ2v) is 8.74. The molecule has 0 radical (unpaired) electrons. The number of fused-ring (bicyclic) bond motifs is 1. The number of hydrogen-bond donors (Lipinski definition) is 2. The van der Waals surface area contributed by atoms with E-state index in [0.717, 1.165) is 28.0 Å². The molecule has 0 bridgehead atoms. The Morgan fingerprint density at radius 3 is 2.29 bits per heavy atom. The maximum absolute atomic E-state index is 12.9. The number of nitrogens with one attached hydrogen (secondary N) is 1. The first-order valence-electron chi connectivity index (χ1n) is 11.9. The highest BCUT2D eigenvalue weighted by Crippen LogP contribution is 2.32. The van der Waals surface area contributed by atoms with Crippen molar-refractivity contribution < 1.29 is 19.4 Å². The Morgan fingerprint density at radius 2 is 1.63 bits per heavy atom. The lowest BCUT2D eigenvalue weighted by molar-refractivity contribution is 0.0527. The fourth-order valence-corrected chi connectivity index (χ4v) is 4.13. The molecule has 0 saturated heterocycles. The van der Waals surface area contributed by atoms with Crippen LogP contribution in [0.2, 0.25) is 0 Å². The molecule has 4 aromatic rings. The lowest BCUT2D eigenvalue weighted by Crippen LogP contribution is -2.26. The number of carbonyl (C=O) groups is 1. The maximum atomic E-state index is 12.9. The minimum atomic E-state index is -0.699. The average Bonchev–Trinajstić information content (AvgIpc) is 3.14. The molecule has 4 rings (SSSR count). The molecule has 0 aliphatic heterocycles. The van der Waals surface area contributed by atoms with Gasteiger partial charge in [-0.05, 0) is 70.2 Å². The predicted molar refractivity (Wildman–Crippen MR) is 140 cm³/mol. The van der Waals surface area contributed by atoms with Crippen molar-refractivity contribution in [3.05, 3.63) is 89.1 Å². The van der Waals surface area contributed by atoms with E-state index in [2.05, 4.69) is 9.88 Å². The van der Waals surface area contributed by atoms with Gasteiger partial charge in [0.25, 0.3) is 0 Å². The summed E-state index contributed by atoms with van der Waals surface area (Å²) in [6, 6.07) is 21.8. The van der Waals surface area contributed by atoms with Crippen molar-refractivity contribution in [3.63, 3.8) is 0 Å². The second kappa shape index (κ2) is 10.7. The highest BCUT2D eigenvalue weighted by atomic mass is 16.5. The zero-order valence-electron chi connectivity index (χ0n) is 20.7. The minimum Gasteiger partial charge on any atom is -0.491 e. The smallest absolute Gasteiger partial charge is 0.340 e. The van der Waals surface area contributed by atoms with Gasteiger partial charge in [-0.1, -0.05) is 35.4 Å². The molecule has 6 nitrogen and oxygen atoms in total. The van der Waals surface area contributed by atoms with Crippen LogP contribution < -0.4 is 10.1 Å². The first-order valence-corrected chi connectivity index (χ1v) is 11.9. The van der Waals surface area contributed by atoms with Gasteiger partial charge in [-0.2, -0.15) is 0 Å². The number of hydrogen-bond acceptors (Lipinski definition) is 5. The summed E-state index contributed by atoms with van der Waals surface area (Å²) in [5, 5.41) is 14.4. The third-order valence-electron chi connectivity index (χ3n) is 5.98. The van der Waals surface area contributed by atoms with Crippen molar-refractivity contribution in [1.29, 1.82) is 0 Å². The highest BCUT2D eigenvalue weighted by molar-refractivity contribution is 6.07. The van der Waals surface area contributed by atoms with Crippen molar-refractivity contribution in [3.8, 4) is 11.4 Å². The summed E-state index contributed by atoms with van der Waals surface area (Å²) in [5.74, 6) is 0.221. The fraction of sp³-hybridized carbons (Fsp3) is 0.276. The van der Waals surface area contributed by atoms with Crippen molar-refractivity contribution in [2.24, 2.45) is 0 Å². The van der Waals surface area contributed by atoms with Crippen molar-refractivity contribution in [2.45, 2.75) is 33.8 Å². The average molecular weight is 473 g/mol. The van der Waals surface area contributed by atoms with Gasteiger partial charge in [0, 0.05) is 29.0 Å². The van der Waals surface area contributed by atoms with Crippen LogP contribution in [0.5, 0.6) is 5.75 Å². The molecule has 2 N–H and O–H groups in total. The summed E-state index contributed by atoms with van der Waals surface area (Å²) < 4.78 is 13.3. The third kappa shape index (κ3) is 5.49. The first kappa shape index (κ1) is 24.4. The lowest BCUT2D eigenvalue weighted by Gasteiger charge is -2.14. The van der Waals surface area contributed by atoms with E-state index in [1.807, 2.05) is 87.5 Å². The Hall–Kier alpha value is -3.77. The molecule has 0 spiro atoms. The van der Waals surface area contributed by atoms with E-state index in [4.69, 9.17) is 9.47 Å². The molecule has 0 saturated carbocycles. The summed E-state index contributed by atoms with van der Waals surface area (Å²) in [6.07, 6.45) is -0.699. The van der Waals surface area contributed by atoms with Gasteiger partial charge in [0.05, 0.1) is 17.7 Å². The van der Waals surface area contributed by atoms with Crippen molar-refractivity contribution >= 4 is 22.6 Å². The predicted octanol–water partition coefficient (Wildman–Crippen LogP) is 5.58. The normalized spacial score (nSPS) is 11.9. The van der Waals surface area contributed by atoms with Gasteiger partial charge < -0.3 is 24.5 Å². The maximum Gasteiger partial charge on any atom is 0.340 e. The molecule has 0 aliphatic carbocycles. The van der Waals surface area contributed by atoms with E-state index in [0.29, 0.717) is 24.5 Å². The Morgan fingerprint density at radius 1 is 0.971 bits per heavy atom. The van der Waals surface area contributed by atoms with Crippen molar-refractivity contribution in [2.75, 3.05) is 25.1 Å². The van der Waals surface area contributed by atoms with E-state index < -0.39 is 6.10 Å². The number of rotatable bonds is 9. The van der Waals surface area contributed by atoms with E-state index in [9.17, 15) is 9.90 Å². The monoisotopic (exact) mass is 472 g/mol. The summed E-state index contributed by atoms with van der Waals surface area (Å²) >= 11 is 0. The summed E-state index contributed by atoms with van der Waals surface area (Å²) in [4.78, 5) is 12.9. The molecule has 6 heteroatoms. The quantitative estimate of drug-likeness (QED) is 0.311. The number of nitrogens with zero attached hydrogens (tertiary/aromatic N) is 1. The number of aliphatic hydroxyl groups excluding tert-OH is 1. The van der Waals surface area contributed by atoms with Gasteiger partial charge in [0.1, 0.15) is 18.5 Å². The van der Waals surface area contributed by atoms with Crippen LogP contribution in [-0.2, 0) is 4.74 Å². The molecule has 1 heterocycles. The van der Waals surface area contributed by atoms with Gasteiger partial charge in [-0.25, -0.2) is 4.79 Å². The number of benzene rings is 3. The Labute approximate surface area is 206 Å². The summed E-state index contributed by atoms with van der Waals surface area (Å²) in [6.45, 7) is 8.58. The van der Waals surface area contributed by atoms with Crippen molar-refractivity contribution in [1.82, 2.24) is 4.57 Å². The Bertz CT molecular complexity index is 1310. The zero-order chi connectivity index (χ0) is 24.9. The molecular weight excluding hydrogens is 440 g/mol. The van der Waals surface area contributed by atoms with Crippen LogP contribution in [0.1, 0.15) is 34.1 Å². The number of carbonyl (C=O) groups excluding carboxylic acids is 1. The van der Waals surface area contributed by atoms with Crippen LogP contribution in [0.25, 0.3) is 16.6 Å². The Balaban J connectivity index is 1.57. The first-order chi connectivity index (χ1) is 16.9. The molecule has 0 amide bonds. The van der Waals surface area contributed by atoms with Gasteiger partial charge in [-0.3, -0.25) is 0 Å². The number of aryl methyl sites for hydroxylation is 2. The molecule has 1 aromatic heterocycles. The summed E-state index contributed by atoms with van der Waals surface area (Å²) in [5.41, 5.74) is 6.49. The van der Waals surface area contributed by atoms with Gasteiger partial charge >= 0.3 is 5.97 Å². The second-order valence-electron chi connectivity index (χ2n) is 8.74. The van der Waals surface area contributed by atoms with Crippen LogP contribution in [0.3, 0.4) is 0 Å². The molecule has 0 fully saturated rings. The number of esters is 1. The van der Waals surface area contributed by atoms with Crippen LogP contribution >= 0.6 is 0 Å². The number of aromatic nitrogens is 1. The highest BCUT2D eigenvalue weighted by Gasteiger charge is 2.22.